The van der Waals surface area contributed by atoms with Crippen molar-refractivity contribution in [2.45, 2.75) is 76.8 Å². The third kappa shape index (κ3) is 5.93. The average Bonchev–Trinajstić information content (AvgIpc) is 2.92. The molecule has 1 aliphatic carbocycles. The first-order valence-electron chi connectivity index (χ1n) is 13.8. The lowest BCUT2D eigenvalue weighted by Crippen LogP contribution is -2.37. The fraction of sp³-hybridized carbons (Fsp3) is 0.452. The third-order valence-electron chi connectivity index (χ3n) is 8.15. The maximum absolute atomic E-state index is 13.6. The highest BCUT2D eigenvalue weighted by Crippen LogP contribution is 2.50. The summed E-state index contributed by atoms with van der Waals surface area (Å²) in [4.78, 5) is 35.9. The van der Waals surface area contributed by atoms with Crippen LogP contribution in [0.4, 0.5) is 13.2 Å². The predicted octanol–water partition coefficient (Wildman–Crippen LogP) is 6.55. The number of amides is 1. The van der Waals surface area contributed by atoms with Crippen LogP contribution < -0.4 is 10.9 Å². The quantitative estimate of drug-likeness (QED) is 0.291. The van der Waals surface area contributed by atoms with Crippen molar-refractivity contribution >= 4 is 22.8 Å². The Morgan fingerprint density at radius 2 is 1.68 bits per heavy atom. The van der Waals surface area contributed by atoms with Gasteiger partial charge in [0.15, 0.2) is 0 Å². The monoisotopic (exact) mass is 557 g/mol. The number of alkyl halides is 3. The van der Waals surface area contributed by atoms with Gasteiger partial charge in [-0.1, -0.05) is 38.5 Å². The molecule has 9 heteroatoms. The molecule has 0 saturated heterocycles. The van der Waals surface area contributed by atoms with Crippen molar-refractivity contribution in [3.05, 3.63) is 80.7 Å². The molecule has 0 spiro atoms. The van der Waals surface area contributed by atoms with Crippen LogP contribution in [-0.4, -0.2) is 29.7 Å². The zero-order chi connectivity index (χ0) is 29.1. The molecule has 2 aromatic carbocycles. The van der Waals surface area contributed by atoms with E-state index < -0.39 is 29.4 Å². The highest BCUT2D eigenvalue weighted by atomic mass is 19.4. The SMILES string of the molecule is CCCc1c(CC)c2cc(C3(c4ccc(C(=O)NCCC(=O)O)cc4)CCC(C(F)(F)F)CC3)ccc2oc1=O. The molecule has 0 radical (unpaired) electrons. The van der Waals surface area contributed by atoms with E-state index in [2.05, 4.69) is 5.32 Å². The minimum Gasteiger partial charge on any atom is -0.481 e. The Morgan fingerprint density at radius 3 is 2.25 bits per heavy atom. The molecule has 214 valence electrons. The van der Waals surface area contributed by atoms with Crippen LogP contribution >= 0.6 is 0 Å². The molecule has 1 saturated carbocycles. The molecular formula is C31H34F3NO5. The van der Waals surface area contributed by atoms with Gasteiger partial charge >= 0.3 is 17.8 Å². The summed E-state index contributed by atoms with van der Waals surface area (Å²) in [5, 5.41) is 12.2. The third-order valence-corrected chi connectivity index (χ3v) is 8.15. The first-order chi connectivity index (χ1) is 19.0. The Balaban J connectivity index is 1.78. The van der Waals surface area contributed by atoms with E-state index in [0.29, 0.717) is 29.6 Å². The minimum atomic E-state index is -4.26. The van der Waals surface area contributed by atoms with E-state index in [9.17, 15) is 27.6 Å². The summed E-state index contributed by atoms with van der Waals surface area (Å²) in [7, 11) is 0. The summed E-state index contributed by atoms with van der Waals surface area (Å²) in [6.45, 7) is 3.96. The summed E-state index contributed by atoms with van der Waals surface area (Å²) < 4.78 is 46.5. The van der Waals surface area contributed by atoms with E-state index in [1.807, 2.05) is 26.0 Å². The van der Waals surface area contributed by atoms with Crippen LogP contribution in [0.3, 0.4) is 0 Å². The van der Waals surface area contributed by atoms with E-state index in [1.54, 1.807) is 30.3 Å². The second-order valence-electron chi connectivity index (χ2n) is 10.5. The largest absolute Gasteiger partial charge is 0.481 e. The van der Waals surface area contributed by atoms with Crippen LogP contribution in [0.1, 0.15) is 85.0 Å². The smallest absolute Gasteiger partial charge is 0.391 e. The number of aryl methyl sites for hydroxylation is 1. The summed E-state index contributed by atoms with van der Waals surface area (Å²) in [6, 6.07) is 12.3. The highest BCUT2D eigenvalue weighted by Gasteiger charge is 2.47. The fourth-order valence-corrected chi connectivity index (χ4v) is 6.01. The summed E-state index contributed by atoms with van der Waals surface area (Å²) >= 11 is 0. The molecule has 0 aliphatic heterocycles. The van der Waals surface area contributed by atoms with Crippen LogP contribution in [-0.2, 0) is 23.1 Å². The lowest BCUT2D eigenvalue weighted by atomic mass is 9.62. The Bertz CT molecular complexity index is 1430. The van der Waals surface area contributed by atoms with Crippen LogP contribution in [0, 0.1) is 5.92 Å². The lowest BCUT2D eigenvalue weighted by molar-refractivity contribution is -0.184. The number of aliphatic carboxylic acids is 1. The number of carbonyl (C=O) groups excluding carboxylic acids is 1. The van der Waals surface area contributed by atoms with Crippen molar-refractivity contribution in [3.63, 3.8) is 0 Å². The Hall–Kier alpha value is -3.62. The summed E-state index contributed by atoms with van der Waals surface area (Å²) in [5.74, 6) is -2.81. The Labute approximate surface area is 230 Å². The summed E-state index contributed by atoms with van der Waals surface area (Å²) in [6.07, 6.45) is -1.98. The van der Waals surface area contributed by atoms with Gasteiger partial charge in [-0.05, 0) is 79.5 Å². The van der Waals surface area contributed by atoms with Crippen LogP contribution in [0.25, 0.3) is 11.0 Å². The number of carboxylic acids is 1. The number of hydrogen-bond acceptors (Lipinski definition) is 4. The van der Waals surface area contributed by atoms with E-state index in [4.69, 9.17) is 9.52 Å². The van der Waals surface area contributed by atoms with Gasteiger partial charge in [0, 0.05) is 28.5 Å². The van der Waals surface area contributed by atoms with Crippen LogP contribution in [0.5, 0.6) is 0 Å². The van der Waals surface area contributed by atoms with Gasteiger partial charge in [0.2, 0.25) is 0 Å². The number of benzene rings is 2. The number of fused-ring (bicyclic) bond motifs is 1. The van der Waals surface area contributed by atoms with Crippen molar-refractivity contribution in [1.29, 1.82) is 0 Å². The van der Waals surface area contributed by atoms with E-state index in [1.165, 1.54) is 0 Å². The second kappa shape index (κ2) is 11.9. The first kappa shape index (κ1) is 29.4. The molecule has 40 heavy (non-hydrogen) atoms. The standard InChI is InChI=1S/C31H34F3NO5/c1-3-5-24-23(4-2)25-18-22(10-11-26(25)40-29(24)39)30(15-12-21(13-16-30)31(32,33)34)20-8-6-19(7-9-20)28(38)35-17-14-27(36)37/h6-11,18,21H,3-5,12-17H2,1-2H3,(H,35,38)(H,36,37). The molecule has 1 amide bonds. The number of nitrogens with one attached hydrogen (secondary N) is 1. The molecule has 6 nitrogen and oxygen atoms in total. The van der Waals surface area contributed by atoms with Crippen molar-refractivity contribution < 1.29 is 32.3 Å². The molecule has 0 atom stereocenters. The molecule has 1 aliphatic rings. The molecule has 0 bridgehead atoms. The topological polar surface area (TPSA) is 96.6 Å². The molecule has 2 N–H and O–H groups in total. The number of halogens is 3. The highest BCUT2D eigenvalue weighted by molar-refractivity contribution is 5.94. The van der Waals surface area contributed by atoms with Crippen molar-refractivity contribution in [1.82, 2.24) is 5.32 Å². The van der Waals surface area contributed by atoms with Crippen molar-refractivity contribution in [3.8, 4) is 0 Å². The van der Waals surface area contributed by atoms with Gasteiger partial charge in [-0.3, -0.25) is 9.59 Å². The molecule has 1 fully saturated rings. The number of carboxylic acid groups (broad SMARTS) is 1. The van der Waals surface area contributed by atoms with Gasteiger partial charge < -0.3 is 14.8 Å². The van der Waals surface area contributed by atoms with Crippen molar-refractivity contribution in [2.75, 3.05) is 6.54 Å². The van der Waals surface area contributed by atoms with Gasteiger partial charge in [0.1, 0.15) is 5.58 Å². The molecule has 0 unspecified atom stereocenters. The molecule has 4 rings (SSSR count). The van der Waals surface area contributed by atoms with E-state index in [0.717, 1.165) is 28.5 Å². The van der Waals surface area contributed by atoms with Gasteiger partial charge in [0.05, 0.1) is 12.3 Å². The maximum Gasteiger partial charge on any atom is 0.391 e. The summed E-state index contributed by atoms with van der Waals surface area (Å²) in [5.41, 5.74) is 2.93. The number of hydrogen-bond donors (Lipinski definition) is 2. The fourth-order valence-electron chi connectivity index (χ4n) is 6.01. The second-order valence-corrected chi connectivity index (χ2v) is 10.5. The predicted molar refractivity (Wildman–Crippen MR) is 146 cm³/mol. The average molecular weight is 558 g/mol. The van der Waals surface area contributed by atoms with Crippen LogP contribution in [0.2, 0.25) is 0 Å². The van der Waals surface area contributed by atoms with E-state index >= 15 is 0 Å². The van der Waals surface area contributed by atoms with Gasteiger partial charge in [-0.15, -0.1) is 0 Å². The lowest BCUT2D eigenvalue weighted by Gasteiger charge is -2.42. The number of carbonyl (C=O) groups is 2. The number of rotatable bonds is 9. The van der Waals surface area contributed by atoms with Gasteiger partial charge in [-0.2, -0.15) is 13.2 Å². The maximum atomic E-state index is 13.6. The molecule has 1 aromatic heterocycles. The zero-order valence-corrected chi connectivity index (χ0v) is 22.7. The Morgan fingerprint density at radius 1 is 1.02 bits per heavy atom. The first-order valence-corrected chi connectivity index (χ1v) is 13.8. The normalized spacial score (nSPS) is 19.5. The minimum absolute atomic E-state index is 0.00825. The molecular weight excluding hydrogens is 523 g/mol. The van der Waals surface area contributed by atoms with Crippen molar-refractivity contribution in [2.24, 2.45) is 5.92 Å². The Kier molecular flexibility index (Phi) is 8.71. The van der Waals surface area contributed by atoms with Crippen LogP contribution in [0.15, 0.2) is 51.7 Å². The van der Waals surface area contributed by atoms with E-state index in [-0.39, 0.29) is 44.3 Å². The molecule has 1 heterocycles. The zero-order valence-electron chi connectivity index (χ0n) is 22.7. The van der Waals surface area contributed by atoms with Gasteiger partial charge in [-0.25, -0.2) is 4.79 Å². The molecule has 3 aromatic rings. The van der Waals surface area contributed by atoms with Gasteiger partial charge in [0.25, 0.3) is 5.91 Å².